The van der Waals surface area contributed by atoms with Crippen molar-refractivity contribution in [1.29, 1.82) is 0 Å². The smallest absolute Gasteiger partial charge is 0.204 e. The predicted octanol–water partition coefficient (Wildman–Crippen LogP) is 2.23. The van der Waals surface area contributed by atoms with Gasteiger partial charge in [-0.1, -0.05) is 22.7 Å². The molecule has 0 N–H and O–H groups in total. The summed E-state index contributed by atoms with van der Waals surface area (Å²) in [6, 6.07) is 6.80. The molecule has 0 radical (unpaired) electrons. The van der Waals surface area contributed by atoms with E-state index in [4.69, 9.17) is 0 Å². The van der Waals surface area contributed by atoms with Crippen LogP contribution in [0.15, 0.2) is 24.3 Å². The minimum absolute atomic E-state index is 0.159. The number of benzene rings is 1. The van der Waals surface area contributed by atoms with Gasteiger partial charge in [-0.15, -0.1) is 0 Å². The van der Waals surface area contributed by atoms with Gasteiger partial charge in [-0.2, -0.15) is 5.12 Å². The zero-order valence-corrected chi connectivity index (χ0v) is 5.80. The number of hydrogen-bond donors (Lipinski definition) is 0. The molecule has 1 unspecified atom stereocenters. The van der Waals surface area contributed by atoms with Gasteiger partial charge in [0.05, 0.1) is 5.69 Å². The van der Waals surface area contributed by atoms with Crippen LogP contribution in [-0.4, -0.2) is 6.30 Å². The van der Waals surface area contributed by atoms with Crippen LogP contribution in [-0.2, 0) is 6.42 Å². The number of anilines is 1. The minimum Gasteiger partial charge on any atom is -0.221 e. The van der Waals surface area contributed by atoms with E-state index in [-0.39, 0.29) is 11.5 Å². The lowest BCUT2D eigenvalue weighted by molar-refractivity contribution is 0.240. The Labute approximate surface area is 63.2 Å². The molecule has 1 aromatic carbocycles. The number of fused-ring (bicyclic) bond motifs is 1. The second-order valence-corrected chi connectivity index (χ2v) is 2.58. The van der Waals surface area contributed by atoms with E-state index in [9.17, 15) is 8.87 Å². The van der Waals surface area contributed by atoms with Crippen molar-refractivity contribution in [2.75, 3.05) is 5.12 Å². The third-order valence-electron chi connectivity index (χ3n) is 1.86. The molecular weight excluding hydrogens is 148 g/mol. The first-order chi connectivity index (χ1) is 5.29. The fourth-order valence-corrected chi connectivity index (χ4v) is 1.30. The van der Waals surface area contributed by atoms with Crippen molar-refractivity contribution in [3.8, 4) is 0 Å². The fourth-order valence-electron chi connectivity index (χ4n) is 1.30. The summed E-state index contributed by atoms with van der Waals surface area (Å²) in [5.74, 6) is 0. The van der Waals surface area contributed by atoms with Gasteiger partial charge in [0.2, 0.25) is 6.30 Å². The number of alkyl halides is 1. The van der Waals surface area contributed by atoms with Crippen molar-refractivity contribution in [2.24, 2.45) is 0 Å². The molecule has 1 aliphatic rings. The molecule has 0 spiro atoms. The molecule has 0 fully saturated rings. The van der Waals surface area contributed by atoms with E-state index >= 15 is 0 Å². The molecule has 1 aromatic rings. The van der Waals surface area contributed by atoms with Crippen LogP contribution < -0.4 is 5.12 Å². The molecule has 1 nitrogen and oxygen atoms in total. The quantitative estimate of drug-likeness (QED) is 0.410. The van der Waals surface area contributed by atoms with Crippen LogP contribution >= 0.6 is 0 Å². The number of hydrogen-bond acceptors (Lipinski definition) is 1. The zero-order chi connectivity index (χ0) is 7.84. The van der Waals surface area contributed by atoms with Crippen LogP contribution in [0.2, 0.25) is 0 Å². The van der Waals surface area contributed by atoms with E-state index < -0.39 is 6.30 Å². The maximum absolute atomic E-state index is 12.8. The van der Waals surface area contributed by atoms with Gasteiger partial charge < -0.3 is 0 Å². The average Bonchev–Trinajstić information content (AvgIpc) is 2.30. The molecule has 1 atom stereocenters. The molecule has 0 aromatic heterocycles. The Bertz CT molecular complexity index is 275. The first-order valence-electron chi connectivity index (χ1n) is 3.46. The van der Waals surface area contributed by atoms with Gasteiger partial charge in [-0.3, -0.25) is 0 Å². The molecule has 58 valence electrons. The third kappa shape index (κ3) is 0.878. The first kappa shape index (κ1) is 6.58. The topological polar surface area (TPSA) is 3.24 Å². The molecule has 1 aliphatic heterocycles. The molecule has 11 heavy (non-hydrogen) atoms. The van der Waals surface area contributed by atoms with E-state index in [2.05, 4.69) is 0 Å². The minimum atomic E-state index is -1.49. The van der Waals surface area contributed by atoms with Gasteiger partial charge in [0.25, 0.3) is 0 Å². The van der Waals surface area contributed by atoms with E-state index in [0.29, 0.717) is 5.69 Å². The van der Waals surface area contributed by atoms with Crippen molar-refractivity contribution >= 4 is 5.69 Å². The van der Waals surface area contributed by atoms with Gasteiger partial charge in [-0.05, 0) is 11.6 Å². The van der Waals surface area contributed by atoms with Crippen LogP contribution in [0.25, 0.3) is 0 Å². The van der Waals surface area contributed by atoms with Crippen molar-refractivity contribution < 1.29 is 8.87 Å². The normalized spacial score (nSPS) is 22.0. The second-order valence-electron chi connectivity index (χ2n) is 2.58. The van der Waals surface area contributed by atoms with Crippen molar-refractivity contribution in [3.05, 3.63) is 29.8 Å². The van der Waals surface area contributed by atoms with E-state index in [0.717, 1.165) is 5.56 Å². The maximum atomic E-state index is 12.8. The highest BCUT2D eigenvalue weighted by atomic mass is 19.2. The summed E-state index contributed by atoms with van der Waals surface area (Å²) in [5, 5.41) is 0.176. The summed E-state index contributed by atoms with van der Waals surface area (Å²) >= 11 is 0. The highest BCUT2D eigenvalue weighted by Crippen LogP contribution is 2.32. The fraction of sp³-hybridized carbons (Fsp3) is 0.250. The molecule has 0 bridgehead atoms. The lowest BCUT2D eigenvalue weighted by atomic mass is 10.2. The number of para-hydroxylation sites is 1. The molecule has 0 aliphatic carbocycles. The maximum Gasteiger partial charge on any atom is 0.204 e. The summed E-state index contributed by atoms with van der Waals surface area (Å²) in [5.41, 5.74) is 1.10. The predicted molar refractivity (Wildman–Crippen MR) is 38.6 cm³/mol. The monoisotopic (exact) mass is 155 g/mol. The molecule has 0 saturated heterocycles. The Morgan fingerprint density at radius 2 is 2.09 bits per heavy atom. The highest BCUT2D eigenvalue weighted by molar-refractivity contribution is 5.56. The molecule has 1 heterocycles. The summed E-state index contributed by atoms with van der Waals surface area (Å²) in [6.45, 7) is 0. The van der Waals surface area contributed by atoms with E-state index in [1.807, 2.05) is 0 Å². The Morgan fingerprint density at radius 1 is 1.36 bits per heavy atom. The third-order valence-corrected chi connectivity index (χ3v) is 1.86. The number of nitrogens with zero attached hydrogens (tertiary/aromatic N) is 1. The van der Waals surface area contributed by atoms with Crippen molar-refractivity contribution in [1.82, 2.24) is 0 Å². The van der Waals surface area contributed by atoms with Crippen LogP contribution in [0.5, 0.6) is 0 Å². The summed E-state index contributed by atoms with van der Waals surface area (Å²) in [7, 11) is 0. The largest absolute Gasteiger partial charge is 0.221 e. The summed E-state index contributed by atoms with van der Waals surface area (Å²) < 4.78 is 25.4. The second kappa shape index (κ2) is 2.19. The first-order valence-corrected chi connectivity index (χ1v) is 3.46. The van der Waals surface area contributed by atoms with Crippen LogP contribution in [0, 0.1) is 0 Å². The number of halogens is 2. The van der Waals surface area contributed by atoms with Gasteiger partial charge in [0.1, 0.15) is 0 Å². The Morgan fingerprint density at radius 3 is 2.82 bits per heavy atom. The Hall–Kier alpha value is -1.12. The molecule has 2 rings (SSSR count). The molecule has 0 saturated carbocycles. The molecule has 3 heteroatoms. The van der Waals surface area contributed by atoms with Crippen molar-refractivity contribution in [2.45, 2.75) is 12.7 Å². The summed E-state index contributed by atoms with van der Waals surface area (Å²) in [6.07, 6.45) is -1.33. The standard InChI is InChI=1S/C8H7F2N/c9-8-5-6-3-1-2-4-7(6)11(8)10/h1-4,8H,5H2. The molecular formula is C8H7F2N. The van der Waals surface area contributed by atoms with Crippen LogP contribution in [0.3, 0.4) is 0 Å². The molecule has 0 amide bonds. The SMILES string of the molecule is FC1Cc2ccccc2N1F. The summed E-state index contributed by atoms with van der Waals surface area (Å²) in [4.78, 5) is 0. The van der Waals surface area contributed by atoms with E-state index in [1.165, 1.54) is 0 Å². The Balaban J connectivity index is 2.47. The van der Waals surface area contributed by atoms with Crippen LogP contribution in [0.1, 0.15) is 5.56 Å². The van der Waals surface area contributed by atoms with E-state index in [1.54, 1.807) is 24.3 Å². The number of rotatable bonds is 0. The Kier molecular flexibility index (Phi) is 1.31. The lowest BCUT2D eigenvalue weighted by Crippen LogP contribution is -2.17. The van der Waals surface area contributed by atoms with Crippen molar-refractivity contribution in [3.63, 3.8) is 0 Å². The van der Waals surface area contributed by atoms with Gasteiger partial charge in [0.15, 0.2) is 0 Å². The van der Waals surface area contributed by atoms with Gasteiger partial charge >= 0.3 is 0 Å². The van der Waals surface area contributed by atoms with Gasteiger partial charge in [-0.25, -0.2) is 4.39 Å². The zero-order valence-electron chi connectivity index (χ0n) is 5.80. The highest BCUT2D eigenvalue weighted by Gasteiger charge is 2.28. The lowest BCUT2D eigenvalue weighted by Gasteiger charge is -2.07. The average molecular weight is 155 g/mol. The van der Waals surface area contributed by atoms with Crippen LogP contribution in [0.4, 0.5) is 14.6 Å². The van der Waals surface area contributed by atoms with Gasteiger partial charge in [0, 0.05) is 6.42 Å².